The largest absolute Gasteiger partial charge is 0.296 e. The Kier molecular flexibility index (Phi) is 2.40. The number of para-hydroxylation sites is 1. The molecule has 23 heavy (non-hydrogen) atoms. The van der Waals surface area contributed by atoms with Crippen LogP contribution in [0.5, 0.6) is 0 Å². The second-order valence-corrected chi connectivity index (χ2v) is 6.89. The summed E-state index contributed by atoms with van der Waals surface area (Å²) < 4.78 is 0. The summed E-state index contributed by atoms with van der Waals surface area (Å²) in [6.45, 7) is 2.17. The Morgan fingerprint density at radius 2 is 1.78 bits per heavy atom. The van der Waals surface area contributed by atoms with Crippen LogP contribution >= 0.6 is 0 Å². The van der Waals surface area contributed by atoms with Gasteiger partial charge >= 0.3 is 0 Å². The lowest BCUT2D eigenvalue weighted by Crippen LogP contribution is -2.40. The van der Waals surface area contributed by atoms with E-state index in [1.807, 2.05) is 35.2 Å². The zero-order chi connectivity index (χ0) is 15.6. The van der Waals surface area contributed by atoms with Crippen LogP contribution in [0.2, 0.25) is 0 Å². The fourth-order valence-corrected chi connectivity index (χ4v) is 4.09. The molecule has 112 valence electrons. The van der Waals surface area contributed by atoms with Crippen molar-refractivity contribution in [2.24, 2.45) is 5.92 Å². The number of fused-ring (bicyclic) bond motifs is 5. The van der Waals surface area contributed by atoms with Crippen molar-refractivity contribution < 1.29 is 4.79 Å². The lowest BCUT2D eigenvalue weighted by atomic mass is 9.79. The molecule has 1 saturated carbocycles. The van der Waals surface area contributed by atoms with Gasteiger partial charge in [0.2, 0.25) is 0 Å². The summed E-state index contributed by atoms with van der Waals surface area (Å²) in [7, 11) is 0. The number of benzene rings is 2. The first kappa shape index (κ1) is 13.0. The molecule has 1 amide bonds. The van der Waals surface area contributed by atoms with Gasteiger partial charge in [0.1, 0.15) is 0 Å². The zero-order valence-electron chi connectivity index (χ0n) is 13.0. The van der Waals surface area contributed by atoms with E-state index >= 15 is 0 Å². The molecule has 2 nitrogen and oxygen atoms in total. The smallest absolute Gasteiger partial charge is 0.259 e. The van der Waals surface area contributed by atoms with Crippen molar-refractivity contribution in [3.8, 4) is 11.8 Å². The molecule has 0 bridgehead atoms. The number of anilines is 1. The van der Waals surface area contributed by atoms with Crippen molar-refractivity contribution in [1.82, 2.24) is 0 Å². The van der Waals surface area contributed by atoms with E-state index in [0.717, 1.165) is 16.8 Å². The summed E-state index contributed by atoms with van der Waals surface area (Å²) in [5.74, 6) is 7.68. The van der Waals surface area contributed by atoms with Crippen LogP contribution in [-0.2, 0) is 5.54 Å². The van der Waals surface area contributed by atoms with E-state index in [9.17, 15) is 4.79 Å². The molecule has 2 aromatic carbocycles. The van der Waals surface area contributed by atoms with Crippen molar-refractivity contribution >= 4 is 11.6 Å². The molecule has 2 aromatic rings. The molecule has 2 atom stereocenters. The minimum absolute atomic E-state index is 0.0481. The molecule has 3 aliphatic rings. The van der Waals surface area contributed by atoms with E-state index in [-0.39, 0.29) is 17.4 Å². The Morgan fingerprint density at radius 1 is 1.04 bits per heavy atom. The highest BCUT2D eigenvalue weighted by atomic mass is 16.2. The van der Waals surface area contributed by atoms with Gasteiger partial charge in [0.15, 0.2) is 0 Å². The normalized spacial score (nSPS) is 27.1. The number of nitrogens with zero attached hydrogens (tertiary/aromatic N) is 1. The number of carbonyl (C=O) groups excluding carboxylic acids is 1. The number of hydrogen-bond donors (Lipinski definition) is 0. The SMILES string of the molecule is C[C@@]12c3ccccc3C(=O)N1c1ccccc1[C@@H]2C#CC1CC1. The van der Waals surface area contributed by atoms with Gasteiger partial charge in [0.25, 0.3) is 5.91 Å². The first-order valence-corrected chi connectivity index (χ1v) is 8.25. The molecule has 2 aliphatic heterocycles. The lowest BCUT2D eigenvalue weighted by molar-refractivity contribution is 0.0982. The Bertz CT molecular complexity index is 899. The lowest BCUT2D eigenvalue weighted by Gasteiger charge is -2.32. The van der Waals surface area contributed by atoms with Crippen molar-refractivity contribution in [2.45, 2.75) is 31.2 Å². The van der Waals surface area contributed by atoms with Crippen LogP contribution in [0.4, 0.5) is 5.69 Å². The van der Waals surface area contributed by atoms with Gasteiger partial charge in [-0.15, -0.1) is 0 Å². The molecular weight excluding hydrogens is 282 g/mol. The number of rotatable bonds is 0. The van der Waals surface area contributed by atoms with Crippen molar-refractivity contribution in [3.05, 3.63) is 65.2 Å². The standard InChI is InChI=1S/C21H17NO/c1-21-17-8-4-2-7-16(17)20(23)22(21)19-9-5-3-6-15(19)18(21)13-12-14-10-11-14/h2-9,14,18H,10-11H2,1H3/t18-,21-/m0/s1. The van der Waals surface area contributed by atoms with Crippen LogP contribution in [0.3, 0.4) is 0 Å². The first-order valence-electron chi connectivity index (χ1n) is 8.25. The molecule has 0 spiro atoms. The number of amides is 1. The zero-order valence-corrected chi connectivity index (χ0v) is 13.0. The maximum Gasteiger partial charge on any atom is 0.259 e. The van der Waals surface area contributed by atoms with Gasteiger partial charge in [-0.05, 0) is 43.0 Å². The second kappa shape index (κ2) is 4.26. The van der Waals surface area contributed by atoms with E-state index in [1.54, 1.807) is 0 Å². The van der Waals surface area contributed by atoms with Crippen LogP contribution in [0.15, 0.2) is 48.5 Å². The summed E-state index contributed by atoms with van der Waals surface area (Å²) in [6, 6.07) is 16.2. The van der Waals surface area contributed by atoms with Gasteiger partial charge in [-0.25, -0.2) is 0 Å². The Morgan fingerprint density at radius 3 is 2.61 bits per heavy atom. The van der Waals surface area contributed by atoms with Gasteiger partial charge in [-0.1, -0.05) is 48.2 Å². The Balaban J connectivity index is 1.77. The maximum absolute atomic E-state index is 13.0. The Labute approximate surface area is 136 Å². The van der Waals surface area contributed by atoms with E-state index in [1.165, 1.54) is 18.4 Å². The molecular formula is C21H17NO. The third-order valence-electron chi connectivity index (χ3n) is 5.43. The van der Waals surface area contributed by atoms with Gasteiger partial charge in [0, 0.05) is 17.2 Å². The predicted octanol–water partition coefficient (Wildman–Crippen LogP) is 4.07. The molecule has 2 heteroatoms. The maximum atomic E-state index is 13.0. The van der Waals surface area contributed by atoms with Crippen LogP contribution in [-0.4, -0.2) is 5.91 Å². The second-order valence-electron chi connectivity index (χ2n) is 6.89. The van der Waals surface area contributed by atoms with E-state index in [0.29, 0.717) is 5.92 Å². The van der Waals surface area contributed by atoms with Gasteiger partial charge in [0.05, 0.1) is 11.5 Å². The fraction of sp³-hybridized carbons (Fsp3) is 0.286. The topological polar surface area (TPSA) is 20.3 Å². The predicted molar refractivity (Wildman–Crippen MR) is 90.3 cm³/mol. The molecule has 2 heterocycles. The molecule has 0 N–H and O–H groups in total. The molecule has 1 aliphatic carbocycles. The molecule has 0 unspecified atom stereocenters. The van der Waals surface area contributed by atoms with Gasteiger partial charge < -0.3 is 0 Å². The molecule has 0 aromatic heterocycles. The highest BCUT2D eigenvalue weighted by Crippen LogP contribution is 2.57. The summed E-state index contributed by atoms with van der Waals surface area (Å²) >= 11 is 0. The van der Waals surface area contributed by atoms with Crippen molar-refractivity contribution in [2.75, 3.05) is 4.90 Å². The van der Waals surface area contributed by atoms with E-state index in [4.69, 9.17) is 0 Å². The van der Waals surface area contributed by atoms with Crippen LogP contribution in [0.1, 0.15) is 47.2 Å². The number of carbonyl (C=O) groups is 1. The molecule has 0 radical (unpaired) electrons. The van der Waals surface area contributed by atoms with E-state index < -0.39 is 0 Å². The summed E-state index contributed by atoms with van der Waals surface area (Å²) in [5, 5.41) is 0. The van der Waals surface area contributed by atoms with Crippen molar-refractivity contribution in [1.29, 1.82) is 0 Å². The average Bonchev–Trinajstić information content (AvgIpc) is 3.32. The van der Waals surface area contributed by atoms with Crippen molar-refractivity contribution in [3.63, 3.8) is 0 Å². The summed E-state index contributed by atoms with van der Waals surface area (Å²) in [4.78, 5) is 15.0. The molecule has 5 rings (SSSR count). The highest BCUT2D eigenvalue weighted by Gasteiger charge is 2.57. The molecule has 1 fully saturated rings. The summed E-state index contributed by atoms with van der Waals surface area (Å²) in [5.41, 5.74) is 3.75. The average molecular weight is 299 g/mol. The highest BCUT2D eigenvalue weighted by molar-refractivity contribution is 6.14. The molecule has 0 saturated heterocycles. The number of hydrogen-bond acceptors (Lipinski definition) is 1. The summed E-state index contributed by atoms with van der Waals surface area (Å²) in [6.07, 6.45) is 2.44. The van der Waals surface area contributed by atoms with E-state index in [2.05, 4.69) is 37.0 Å². The van der Waals surface area contributed by atoms with Crippen LogP contribution in [0, 0.1) is 17.8 Å². The quantitative estimate of drug-likeness (QED) is 0.671. The third-order valence-corrected chi connectivity index (χ3v) is 5.43. The first-order chi connectivity index (χ1) is 11.2. The monoisotopic (exact) mass is 299 g/mol. The minimum Gasteiger partial charge on any atom is -0.296 e. The Hall–Kier alpha value is -2.53. The van der Waals surface area contributed by atoms with Crippen LogP contribution in [0.25, 0.3) is 0 Å². The third kappa shape index (κ3) is 1.57. The van der Waals surface area contributed by atoms with Gasteiger partial charge in [-0.3, -0.25) is 9.69 Å². The van der Waals surface area contributed by atoms with Crippen LogP contribution < -0.4 is 4.90 Å². The minimum atomic E-state index is -0.390. The fourth-order valence-electron chi connectivity index (χ4n) is 4.09. The van der Waals surface area contributed by atoms with Gasteiger partial charge in [-0.2, -0.15) is 0 Å².